The van der Waals surface area contributed by atoms with Gasteiger partial charge in [0.05, 0.1) is 7.11 Å². The number of ether oxygens (including phenoxy) is 1. The number of amides is 1. The quantitative estimate of drug-likeness (QED) is 0.496. The number of nitrogens with one attached hydrogen (secondary N) is 2. The smallest absolute Gasteiger partial charge is 0.258 e. The van der Waals surface area contributed by atoms with Crippen LogP contribution in [0.3, 0.4) is 0 Å². The van der Waals surface area contributed by atoms with Crippen molar-refractivity contribution < 1.29 is 9.53 Å². The Hall–Kier alpha value is -4.26. The summed E-state index contributed by atoms with van der Waals surface area (Å²) >= 11 is 0. The number of anilines is 3. The highest BCUT2D eigenvalue weighted by Crippen LogP contribution is 2.22. The monoisotopic (exact) mass is 397 g/mol. The van der Waals surface area contributed by atoms with Gasteiger partial charge in [-0.2, -0.15) is 15.0 Å². The van der Waals surface area contributed by atoms with E-state index in [1.54, 1.807) is 31.4 Å². The van der Waals surface area contributed by atoms with Crippen LogP contribution in [0.5, 0.6) is 5.75 Å². The van der Waals surface area contributed by atoms with Gasteiger partial charge in [-0.25, -0.2) is 0 Å². The molecule has 148 valence electrons. The van der Waals surface area contributed by atoms with Crippen LogP contribution in [-0.4, -0.2) is 28.0 Å². The molecule has 0 spiro atoms. The van der Waals surface area contributed by atoms with Gasteiger partial charge in [0.15, 0.2) is 5.82 Å². The van der Waals surface area contributed by atoms with Crippen molar-refractivity contribution >= 4 is 23.5 Å². The van der Waals surface area contributed by atoms with Crippen LogP contribution in [0.15, 0.2) is 84.9 Å². The molecule has 1 amide bonds. The standard InChI is InChI=1S/C23H19N5O2/c1-30-19-14-12-18(13-15-19)24-22-25-20(16-8-4-2-5-9-16)26-23(28-22)27-21(29)17-10-6-3-7-11-17/h2-15H,1H3,(H2,24,25,26,27,28,29). The third-order valence-corrected chi connectivity index (χ3v) is 4.27. The van der Waals surface area contributed by atoms with E-state index in [1.807, 2.05) is 60.7 Å². The molecular formula is C23H19N5O2. The van der Waals surface area contributed by atoms with Crippen molar-refractivity contribution in [1.29, 1.82) is 0 Å². The highest BCUT2D eigenvalue weighted by Gasteiger charge is 2.12. The van der Waals surface area contributed by atoms with Crippen LogP contribution >= 0.6 is 0 Å². The molecule has 0 fully saturated rings. The first-order valence-electron chi connectivity index (χ1n) is 9.30. The molecule has 1 aromatic heterocycles. The normalized spacial score (nSPS) is 10.3. The summed E-state index contributed by atoms with van der Waals surface area (Å²) in [7, 11) is 1.61. The summed E-state index contributed by atoms with van der Waals surface area (Å²) in [5, 5.41) is 5.90. The lowest BCUT2D eigenvalue weighted by Gasteiger charge is -2.10. The van der Waals surface area contributed by atoms with Gasteiger partial charge in [-0.15, -0.1) is 0 Å². The van der Waals surface area contributed by atoms with Crippen LogP contribution in [0.4, 0.5) is 17.6 Å². The molecule has 1 heterocycles. The zero-order chi connectivity index (χ0) is 20.8. The highest BCUT2D eigenvalue weighted by atomic mass is 16.5. The fourth-order valence-electron chi connectivity index (χ4n) is 2.77. The number of benzene rings is 3. The van der Waals surface area contributed by atoms with Crippen molar-refractivity contribution in [2.24, 2.45) is 0 Å². The van der Waals surface area contributed by atoms with Crippen molar-refractivity contribution in [1.82, 2.24) is 15.0 Å². The lowest BCUT2D eigenvalue weighted by atomic mass is 10.2. The molecule has 4 aromatic rings. The second-order valence-electron chi connectivity index (χ2n) is 6.35. The van der Waals surface area contributed by atoms with Gasteiger partial charge in [0.25, 0.3) is 5.91 Å². The van der Waals surface area contributed by atoms with Crippen LogP contribution < -0.4 is 15.4 Å². The summed E-state index contributed by atoms with van der Waals surface area (Å²) in [6.07, 6.45) is 0. The maximum atomic E-state index is 12.6. The van der Waals surface area contributed by atoms with E-state index in [2.05, 4.69) is 25.6 Å². The number of carbonyl (C=O) groups is 1. The first-order chi connectivity index (χ1) is 14.7. The molecule has 0 radical (unpaired) electrons. The molecule has 0 aliphatic rings. The van der Waals surface area contributed by atoms with Crippen LogP contribution in [-0.2, 0) is 0 Å². The summed E-state index contributed by atoms with van der Waals surface area (Å²) in [6.45, 7) is 0. The summed E-state index contributed by atoms with van der Waals surface area (Å²) in [6, 6.07) is 25.8. The van der Waals surface area contributed by atoms with E-state index in [1.165, 1.54) is 0 Å². The van der Waals surface area contributed by atoms with E-state index >= 15 is 0 Å². The molecule has 0 saturated heterocycles. The van der Waals surface area contributed by atoms with Crippen LogP contribution in [0.2, 0.25) is 0 Å². The first-order valence-corrected chi connectivity index (χ1v) is 9.30. The number of nitrogens with zero attached hydrogens (tertiary/aromatic N) is 3. The molecule has 3 aromatic carbocycles. The van der Waals surface area contributed by atoms with Gasteiger partial charge in [-0.05, 0) is 36.4 Å². The molecule has 7 nitrogen and oxygen atoms in total. The Morgan fingerprint density at radius 2 is 1.40 bits per heavy atom. The van der Waals surface area contributed by atoms with Gasteiger partial charge in [0.2, 0.25) is 11.9 Å². The van der Waals surface area contributed by atoms with Gasteiger partial charge in [0.1, 0.15) is 5.75 Å². The average molecular weight is 397 g/mol. The molecule has 2 N–H and O–H groups in total. The molecule has 0 unspecified atom stereocenters. The fourth-order valence-corrected chi connectivity index (χ4v) is 2.77. The van der Waals surface area contributed by atoms with Crippen molar-refractivity contribution in [2.75, 3.05) is 17.7 Å². The first kappa shape index (κ1) is 19.1. The van der Waals surface area contributed by atoms with E-state index in [-0.39, 0.29) is 11.9 Å². The van der Waals surface area contributed by atoms with E-state index < -0.39 is 0 Å². The summed E-state index contributed by atoms with van der Waals surface area (Å²) in [4.78, 5) is 25.9. The Bertz CT molecular complexity index is 1130. The third-order valence-electron chi connectivity index (χ3n) is 4.27. The molecule has 0 aliphatic heterocycles. The van der Waals surface area contributed by atoms with Gasteiger partial charge in [0, 0.05) is 16.8 Å². The Morgan fingerprint density at radius 1 is 0.767 bits per heavy atom. The minimum atomic E-state index is -0.295. The third kappa shape index (κ3) is 4.59. The van der Waals surface area contributed by atoms with Crippen LogP contribution in [0.25, 0.3) is 11.4 Å². The molecule has 0 aliphatic carbocycles. The molecular weight excluding hydrogens is 378 g/mol. The molecule has 0 saturated carbocycles. The van der Waals surface area contributed by atoms with Crippen molar-refractivity contribution in [3.8, 4) is 17.1 Å². The van der Waals surface area contributed by atoms with E-state index in [0.717, 1.165) is 17.0 Å². The van der Waals surface area contributed by atoms with Gasteiger partial charge in [-0.1, -0.05) is 48.5 Å². The highest BCUT2D eigenvalue weighted by molar-refractivity contribution is 6.03. The van der Waals surface area contributed by atoms with E-state index in [0.29, 0.717) is 17.3 Å². The van der Waals surface area contributed by atoms with Crippen molar-refractivity contribution in [3.05, 3.63) is 90.5 Å². The summed E-state index contributed by atoms with van der Waals surface area (Å²) < 4.78 is 5.18. The fraction of sp³-hybridized carbons (Fsp3) is 0.0435. The molecule has 30 heavy (non-hydrogen) atoms. The zero-order valence-electron chi connectivity index (χ0n) is 16.2. The Balaban J connectivity index is 1.66. The van der Waals surface area contributed by atoms with E-state index in [4.69, 9.17) is 4.74 Å². The van der Waals surface area contributed by atoms with Gasteiger partial charge in [-0.3, -0.25) is 10.1 Å². The maximum absolute atomic E-state index is 12.6. The van der Waals surface area contributed by atoms with Crippen LogP contribution in [0, 0.1) is 0 Å². The van der Waals surface area contributed by atoms with Crippen molar-refractivity contribution in [3.63, 3.8) is 0 Å². The summed E-state index contributed by atoms with van der Waals surface area (Å²) in [5.41, 5.74) is 2.11. The second kappa shape index (κ2) is 8.83. The minimum Gasteiger partial charge on any atom is -0.497 e. The zero-order valence-corrected chi connectivity index (χ0v) is 16.2. The average Bonchev–Trinajstić information content (AvgIpc) is 2.80. The minimum absolute atomic E-state index is 0.161. The predicted octanol–water partition coefficient (Wildman–Crippen LogP) is 4.54. The Morgan fingerprint density at radius 3 is 2.07 bits per heavy atom. The number of carbonyl (C=O) groups excluding carboxylic acids is 1. The molecule has 4 rings (SSSR count). The van der Waals surface area contributed by atoms with Crippen molar-refractivity contribution in [2.45, 2.75) is 0 Å². The number of methoxy groups -OCH3 is 1. The number of aromatic nitrogens is 3. The van der Waals surface area contributed by atoms with E-state index in [9.17, 15) is 4.79 Å². The number of hydrogen-bond acceptors (Lipinski definition) is 6. The molecule has 0 atom stereocenters. The number of hydrogen-bond donors (Lipinski definition) is 2. The molecule has 0 bridgehead atoms. The maximum Gasteiger partial charge on any atom is 0.258 e. The SMILES string of the molecule is COc1ccc(Nc2nc(NC(=O)c3ccccc3)nc(-c3ccccc3)n2)cc1. The number of rotatable bonds is 6. The van der Waals surface area contributed by atoms with Crippen LogP contribution in [0.1, 0.15) is 10.4 Å². The predicted molar refractivity (Wildman–Crippen MR) is 116 cm³/mol. The largest absolute Gasteiger partial charge is 0.497 e. The Labute approximate surface area is 173 Å². The lowest BCUT2D eigenvalue weighted by Crippen LogP contribution is -2.15. The topological polar surface area (TPSA) is 89.0 Å². The summed E-state index contributed by atoms with van der Waals surface area (Å²) in [5.74, 6) is 1.38. The second-order valence-corrected chi connectivity index (χ2v) is 6.35. The Kier molecular flexibility index (Phi) is 5.61. The van der Waals surface area contributed by atoms with Gasteiger partial charge >= 0.3 is 0 Å². The lowest BCUT2D eigenvalue weighted by molar-refractivity contribution is 0.102. The van der Waals surface area contributed by atoms with Gasteiger partial charge < -0.3 is 10.1 Å². The molecule has 7 heteroatoms.